The number of hydrogen-bond donors (Lipinski definition) is 5. The summed E-state index contributed by atoms with van der Waals surface area (Å²) < 4.78 is 0. The summed E-state index contributed by atoms with van der Waals surface area (Å²) in [6.45, 7) is 5.31. The number of carboxylic acid groups (broad SMARTS) is 3. The minimum absolute atomic E-state index is 0.133. The molecule has 0 aliphatic rings. The monoisotopic (exact) mass is 398 g/mol. The van der Waals surface area contributed by atoms with Gasteiger partial charge >= 0.3 is 17.9 Å². The average Bonchev–Trinajstić information content (AvgIpc) is 2.57. The highest BCUT2D eigenvalue weighted by molar-refractivity contribution is 5.75. The molecule has 0 saturated heterocycles. The van der Waals surface area contributed by atoms with Gasteiger partial charge in [0.25, 0.3) is 0 Å². The third-order valence-corrected chi connectivity index (χ3v) is 3.88. The molecule has 0 spiro atoms. The number of nitrogens with two attached hydrogens (primary N) is 1. The van der Waals surface area contributed by atoms with Gasteiger partial charge in [-0.15, -0.1) is 0 Å². The van der Waals surface area contributed by atoms with Gasteiger partial charge in [0.05, 0.1) is 6.54 Å². The van der Waals surface area contributed by atoms with Gasteiger partial charge in [0, 0.05) is 6.54 Å². The lowest BCUT2D eigenvalue weighted by Crippen LogP contribution is -2.43. The van der Waals surface area contributed by atoms with Gasteiger partial charge in [-0.25, -0.2) is 0 Å². The highest BCUT2D eigenvalue weighted by Gasteiger charge is 2.22. The second-order valence-electron chi connectivity index (χ2n) is 6.87. The molecular formula is C19H30N2O7. The van der Waals surface area contributed by atoms with Gasteiger partial charge in [-0.2, -0.15) is 0 Å². The number of aliphatic carboxylic acids is 3. The Bertz CT molecular complexity index is 649. The zero-order chi connectivity index (χ0) is 21.9. The van der Waals surface area contributed by atoms with Crippen molar-refractivity contribution >= 4 is 17.9 Å². The fourth-order valence-electron chi connectivity index (χ4n) is 2.33. The molecule has 0 aliphatic carbocycles. The maximum absolute atomic E-state index is 10.9. The molecule has 1 aromatic carbocycles. The van der Waals surface area contributed by atoms with E-state index in [2.05, 4.69) is 0 Å². The van der Waals surface area contributed by atoms with E-state index in [4.69, 9.17) is 21.1 Å². The number of rotatable bonds is 10. The summed E-state index contributed by atoms with van der Waals surface area (Å²) in [7, 11) is 0. The Balaban J connectivity index is 0.000000684. The van der Waals surface area contributed by atoms with E-state index in [1.54, 1.807) is 24.3 Å². The zero-order valence-electron chi connectivity index (χ0n) is 16.4. The molecule has 2 atom stereocenters. The number of carboxylic acids is 3. The van der Waals surface area contributed by atoms with Gasteiger partial charge in [0.15, 0.2) is 0 Å². The largest absolute Gasteiger partial charge is 0.508 e. The number of nitrogens with zero attached hydrogens (tertiary/aromatic N) is 1. The van der Waals surface area contributed by atoms with E-state index in [1.807, 2.05) is 13.8 Å². The summed E-state index contributed by atoms with van der Waals surface area (Å²) in [6.07, 6.45) is 1.02. The summed E-state index contributed by atoms with van der Waals surface area (Å²) in [6, 6.07) is 5.04. The van der Waals surface area contributed by atoms with Crippen LogP contribution < -0.4 is 5.73 Å². The molecule has 9 nitrogen and oxygen atoms in total. The molecule has 0 saturated carbocycles. The molecule has 0 bridgehead atoms. The van der Waals surface area contributed by atoms with E-state index >= 15 is 0 Å². The van der Waals surface area contributed by atoms with Crippen LogP contribution in [0, 0.1) is 5.92 Å². The minimum atomic E-state index is -1.07. The van der Waals surface area contributed by atoms with Crippen LogP contribution in [0.3, 0.4) is 0 Å². The van der Waals surface area contributed by atoms with E-state index in [-0.39, 0.29) is 12.3 Å². The van der Waals surface area contributed by atoms with Crippen LogP contribution in [-0.2, 0) is 20.8 Å². The molecule has 6 N–H and O–H groups in total. The molecule has 0 aliphatic heterocycles. The van der Waals surface area contributed by atoms with Crippen LogP contribution in [0.25, 0.3) is 0 Å². The van der Waals surface area contributed by atoms with Crippen molar-refractivity contribution in [2.45, 2.75) is 45.7 Å². The quantitative estimate of drug-likeness (QED) is 0.390. The fourth-order valence-corrected chi connectivity index (χ4v) is 2.33. The van der Waals surface area contributed by atoms with Gasteiger partial charge in [-0.1, -0.05) is 26.0 Å². The summed E-state index contributed by atoms with van der Waals surface area (Å²) in [5.41, 5.74) is 6.04. The van der Waals surface area contributed by atoms with Crippen LogP contribution >= 0.6 is 0 Å². The second-order valence-corrected chi connectivity index (χ2v) is 6.87. The summed E-state index contributed by atoms with van der Waals surface area (Å²) >= 11 is 0. The van der Waals surface area contributed by atoms with Crippen molar-refractivity contribution < 1.29 is 34.8 Å². The van der Waals surface area contributed by atoms with Gasteiger partial charge in [0.2, 0.25) is 0 Å². The first-order valence-electron chi connectivity index (χ1n) is 8.89. The van der Waals surface area contributed by atoms with Gasteiger partial charge in [0.1, 0.15) is 17.8 Å². The Hall–Kier alpha value is -2.65. The first-order chi connectivity index (χ1) is 12.9. The molecule has 9 heteroatoms. The van der Waals surface area contributed by atoms with Crippen molar-refractivity contribution in [3.8, 4) is 5.75 Å². The smallest absolute Gasteiger partial charge is 0.320 e. The number of carbonyl (C=O) groups is 3. The van der Waals surface area contributed by atoms with E-state index in [9.17, 15) is 19.5 Å². The number of phenolic OH excluding ortho intramolecular Hbond substituents is 1. The average molecular weight is 398 g/mol. The summed E-state index contributed by atoms with van der Waals surface area (Å²) in [5, 5.41) is 35.3. The van der Waals surface area contributed by atoms with Crippen molar-refractivity contribution in [2.75, 3.05) is 13.1 Å². The number of benzene rings is 1. The predicted octanol–water partition coefficient (Wildman–Crippen LogP) is 1.24. The number of phenols is 1. The van der Waals surface area contributed by atoms with Crippen LogP contribution in [0.4, 0.5) is 0 Å². The maximum Gasteiger partial charge on any atom is 0.320 e. The lowest BCUT2D eigenvalue weighted by molar-refractivity contribution is -0.145. The van der Waals surface area contributed by atoms with Crippen LogP contribution in [-0.4, -0.2) is 68.4 Å². The highest BCUT2D eigenvalue weighted by atomic mass is 16.4. The summed E-state index contributed by atoms with van der Waals surface area (Å²) in [5.74, 6) is -2.55. The molecule has 0 heterocycles. The molecule has 0 amide bonds. The number of aromatic hydroxyl groups is 1. The third-order valence-electron chi connectivity index (χ3n) is 3.88. The molecule has 0 radical (unpaired) electrons. The summed E-state index contributed by atoms with van der Waals surface area (Å²) in [4.78, 5) is 33.1. The maximum atomic E-state index is 10.9. The van der Waals surface area contributed by atoms with E-state index in [0.29, 0.717) is 25.3 Å². The predicted molar refractivity (Wildman–Crippen MR) is 103 cm³/mol. The van der Waals surface area contributed by atoms with E-state index in [1.165, 1.54) is 11.8 Å². The highest BCUT2D eigenvalue weighted by Crippen LogP contribution is 2.12. The fraction of sp³-hybridized carbons (Fsp3) is 0.526. The molecule has 1 aromatic rings. The molecular weight excluding hydrogens is 368 g/mol. The molecule has 0 unspecified atom stereocenters. The van der Waals surface area contributed by atoms with Crippen LogP contribution in [0.5, 0.6) is 5.75 Å². The Morgan fingerprint density at radius 2 is 1.68 bits per heavy atom. The van der Waals surface area contributed by atoms with Crippen molar-refractivity contribution in [3.05, 3.63) is 29.8 Å². The second kappa shape index (κ2) is 12.7. The Morgan fingerprint density at radius 3 is 2.07 bits per heavy atom. The first-order valence-corrected chi connectivity index (χ1v) is 8.89. The minimum Gasteiger partial charge on any atom is -0.508 e. The van der Waals surface area contributed by atoms with Crippen molar-refractivity contribution in [1.82, 2.24) is 4.90 Å². The van der Waals surface area contributed by atoms with Crippen molar-refractivity contribution in [2.24, 2.45) is 11.7 Å². The molecule has 1 rings (SSSR count). The normalized spacial score (nSPS) is 12.8. The topological polar surface area (TPSA) is 161 Å². The van der Waals surface area contributed by atoms with E-state index < -0.39 is 30.0 Å². The van der Waals surface area contributed by atoms with E-state index in [0.717, 1.165) is 5.56 Å². The lowest BCUT2D eigenvalue weighted by Gasteiger charge is -2.24. The van der Waals surface area contributed by atoms with Gasteiger partial charge < -0.3 is 26.2 Å². The molecule has 0 aromatic heterocycles. The molecule has 28 heavy (non-hydrogen) atoms. The van der Waals surface area contributed by atoms with Gasteiger partial charge in [-0.3, -0.25) is 19.3 Å². The Morgan fingerprint density at radius 1 is 1.07 bits per heavy atom. The molecule has 158 valence electrons. The first kappa shape index (κ1) is 25.4. The van der Waals surface area contributed by atoms with Crippen LogP contribution in [0.15, 0.2) is 24.3 Å². The van der Waals surface area contributed by atoms with Crippen molar-refractivity contribution in [3.63, 3.8) is 0 Å². The van der Waals surface area contributed by atoms with Gasteiger partial charge in [-0.05, 0) is 43.4 Å². The Labute approximate surface area is 164 Å². The van der Waals surface area contributed by atoms with Crippen LogP contribution in [0.2, 0.25) is 0 Å². The lowest BCUT2D eigenvalue weighted by atomic mass is 10.1. The van der Waals surface area contributed by atoms with Crippen molar-refractivity contribution in [1.29, 1.82) is 0 Å². The Kier molecular flexibility index (Phi) is 11.5. The SMILES string of the molecule is CC(C)C[C@H](N)C(=O)O.C[C@H](C(=O)O)N(CCc1cccc(O)c1)CC(=O)O. The standard InChI is InChI=1S/C13H17NO5.C6H13NO2/c1-9(13(18)19)14(8-12(16)17)6-5-10-3-2-4-11(15)7-10;1-4(2)3-5(7)6(8)9/h2-4,7,9,15H,5-6,8H2,1H3,(H,16,17)(H,18,19);4-5H,3,7H2,1-2H3,(H,8,9)/t9-;5-/m10/s1. The van der Waals surface area contributed by atoms with Crippen LogP contribution in [0.1, 0.15) is 32.8 Å². The number of hydrogen-bond acceptors (Lipinski definition) is 6. The zero-order valence-corrected chi connectivity index (χ0v) is 16.4. The molecule has 0 fully saturated rings. The third kappa shape index (κ3) is 11.1.